The second kappa shape index (κ2) is 9.39. The summed E-state index contributed by atoms with van der Waals surface area (Å²) < 4.78 is 7.82. The maximum Gasteiger partial charge on any atom is 0.409 e. The van der Waals surface area contributed by atoms with Gasteiger partial charge in [0.2, 0.25) is 5.91 Å². The van der Waals surface area contributed by atoms with Crippen LogP contribution in [-0.2, 0) is 9.53 Å². The van der Waals surface area contributed by atoms with E-state index in [1.54, 1.807) is 35.8 Å². The van der Waals surface area contributed by atoms with Crippen LogP contribution in [0.4, 0.5) is 4.79 Å². The van der Waals surface area contributed by atoms with Gasteiger partial charge in [-0.05, 0) is 44.2 Å². The summed E-state index contributed by atoms with van der Waals surface area (Å²) in [7, 11) is 0. The van der Waals surface area contributed by atoms with Crippen LogP contribution in [0, 0.1) is 0 Å². The molecule has 0 radical (unpaired) electrons. The molecule has 1 N–H and O–H groups in total. The summed E-state index contributed by atoms with van der Waals surface area (Å²) in [4.78, 5) is 45.2. The zero-order valence-electron chi connectivity index (χ0n) is 18.0. The highest BCUT2D eigenvalue weighted by molar-refractivity contribution is 7.20. The molecule has 0 aliphatic carbocycles. The van der Waals surface area contributed by atoms with E-state index in [9.17, 15) is 14.4 Å². The molecule has 1 fully saturated rings. The van der Waals surface area contributed by atoms with E-state index >= 15 is 0 Å². The zero-order valence-corrected chi connectivity index (χ0v) is 18.8. The second-order valence-electron chi connectivity index (χ2n) is 7.48. The van der Waals surface area contributed by atoms with E-state index < -0.39 is 6.04 Å². The average molecular weight is 456 g/mol. The molecule has 1 atom stereocenters. The van der Waals surface area contributed by atoms with Crippen molar-refractivity contribution in [3.8, 4) is 5.13 Å². The van der Waals surface area contributed by atoms with E-state index in [1.807, 2.05) is 35.2 Å². The van der Waals surface area contributed by atoms with Crippen LogP contribution < -0.4 is 5.32 Å². The van der Waals surface area contributed by atoms with Crippen molar-refractivity contribution in [3.05, 3.63) is 48.3 Å². The Hall–Kier alpha value is -3.40. The first-order valence-electron chi connectivity index (χ1n) is 10.5. The Morgan fingerprint density at radius 2 is 1.81 bits per heavy atom. The van der Waals surface area contributed by atoms with E-state index in [4.69, 9.17) is 4.74 Å². The van der Waals surface area contributed by atoms with Crippen molar-refractivity contribution in [3.63, 3.8) is 0 Å². The second-order valence-corrected chi connectivity index (χ2v) is 8.48. The number of carbonyl (C=O) groups is 3. The van der Waals surface area contributed by atoms with Gasteiger partial charge in [0, 0.05) is 44.1 Å². The van der Waals surface area contributed by atoms with Crippen molar-refractivity contribution in [1.29, 1.82) is 0 Å². The molecule has 168 valence electrons. The number of rotatable bonds is 5. The number of thiazole rings is 1. The number of fused-ring (bicyclic) bond motifs is 1. The van der Waals surface area contributed by atoms with Crippen molar-refractivity contribution in [1.82, 2.24) is 24.7 Å². The summed E-state index contributed by atoms with van der Waals surface area (Å²) in [6.07, 6.45) is 3.48. The smallest absolute Gasteiger partial charge is 0.409 e. The van der Waals surface area contributed by atoms with Gasteiger partial charge in [-0.1, -0.05) is 11.3 Å². The zero-order chi connectivity index (χ0) is 22.7. The molecule has 10 heteroatoms. The van der Waals surface area contributed by atoms with Gasteiger partial charge < -0.3 is 24.4 Å². The van der Waals surface area contributed by atoms with Crippen LogP contribution in [0.3, 0.4) is 0 Å². The minimum Gasteiger partial charge on any atom is -0.450 e. The third-order valence-electron chi connectivity index (χ3n) is 5.30. The topological polar surface area (TPSA) is 96.8 Å². The molecule has 0 bridgehead atoms. The van der Waals surface area contributed by atoms with Crippen molar-refractivity contribution >= 4 is 39.5 Å². The fourth-order valence-corrected chi connectivity index (χ4v) is 4.54. The summed E-state index contributed by atoms with van der Waals surface area (Å²) in [5, 5.41) is 3.62. The number of nitrogens with zero attached hydrogens (tertiary/aromatic N) is 4. The maximum atomic E-state index is 12.8. The van der Waals surface area contributed by atoms with Gasteiger partial charge in [-0.25, -0.2) is 9.78 Å². The molecule has 1 aromatic carbocycles. The van der Waals surface area contributed by atoms with Crippen LogP contribution in [0.15, 0.2) is 42.7 Å². The van der Waals surface area contributed by atoms with E-state index in [2.05, 4.69) is 10.3 Å². The summed E-state index contributed by atoms with van der Waals surface area (Å²) in [5.41, 5.74) is 1.30. The molecular formula is C22H25N5O4S. The van der Waals surface area contributed by atoms with Crippen LogP contribution in [0.1, 0.15) is 24.2 Å². The molecule has 3 aromatic rings. The summed E-state index contributed by atoms with van der Waals surface area (Å²) in [6.45, 7) is 5.40. The predicted molar refractivity (Wildman–Crippen MR) is 121 cm³/mol. The highest BCUT2D eigenvalue weighted by Crippen LogP contribution is 2.26. The highest BCUT2D eigenvalue weighted by atomic mass is 32.1. The van der Waals surface area contributed by atoms with Crippen LogP contribution in [0.5, 0.6) is 0 Å². The molecule has 32 heavy (non-hydrogen) atoms. The lowest BCUT2D eigenvalue weighted by Crippen LogP contribution is -2.55. The van der Waals surface area contributed by atoms with E-state index in [0.29, 0.717) is 38.3 Å². The van der Waals surface area contributed by atoms with E-state index in [1.165, 1.54) is 11.3 Å². The van der Waals surface area contributed by atoms with Crippen molar-refractivity contribution in [2.75, 3.05) is 32.8 Å². The Morgan fingerprint density at radius 1 is 1.12 bits per heavy atom. The van der Waals surface area contributed by atoms with Crippen molar-refractivity contribution in [2.24, 2.45) is 0 Å². The van der Waals surface area contributed by atoms with Crippen molar-refractivity contribution in [2.45, 2.75) is 19.9 Å². The summed E-state index contributed by atoms with van der Waals surface area (Å²) in [5.74, 6) is -0.482. The highest BCUT2D eigenvalue weighted by Gasteiger charge is 2.28. The number of benzene rings is 1. The minimum atomic E-state index is -0.677. The Balaban J connectivity index is 1.36. The molecule has 3 amide bonds. The standard InChI is InChI=1S/C22H25N5O4S/c1-3-31-22(30)27-12-10-25(11-13-27)20(29)15(2)23-19(28)16-6-7-17-18(14-16)32-21(24-17)26-8-4-5-9-26/h4-9,14-15H,3,10-13H2,1-2H3,(H,23,28). The molecule has 1 unspecified atom stereocenters. The number of ether oxygens (including phenoxy) is 1. The van der Waals surface area contributed by atoms with E-state index in [-0.39, 0.29) is 17.9 Å². The normalized spacial score (nSPS) is 14.9. The SMILES string of the molecule is CCOC(=O)N1CCN(C(=O)C(C)NC(=O)c2ccc3nc(-n4cccc4)sc3c2)CC1. The van der Waals surface area contributed by atoms with Gasteiger partial charge in [-0.15, -0.1) is 0 Å². The van der Waals surface area contributed by atoms with Crippen LogP contribution in [-0.4, -0.2) is 76.1 Å². The number of hydrogen-bond acceptors (Lipinski definition) is 6. The first kappa shape index (κ1) is 21.8. The van der Waals surface area contributed by atoms with E-state index in [0.717, 1.165) is 15.3 Å². The number of hydrogen-bond donors (Lipinski definition) is 1. The molecule has 0 spiro atoms. The first-order chi connectivity index (χ1) is 15.5. The van der Waals surface area contributed by atoms with Crippen LogP contribution >= 0.6 is 11.3 Å². The van der Waals surface area contributed by atoms with Gasteiger partial charge in [0.1, 0.15) is 6.04 Å². The fraction of sp³-hybridized carbons (Fsp3) is 0.364. The maximum absolute atomic E-state index is 12.8. The fourth-order valence-electron chi connectivity index (χ4n) is 3.57. The molecule has 1 aliphatic rings. The van der Waals surface area contributed by atoms with Gasteiger partial charge >= 0.3 is 6.09 Å². The Kier molecular flexibility index (Phi) is 6.40. The van der Waals surface area contributed by atoms with Crippen LogP contribution in [0.25, 0.3) is 15.3 Å². The average Bonchev–Trinajstić information content (AvgIpc) is 3.48. The molecule has 2 aromatic heterocycles. The van der Waals surface area contributed by atoms with Gasteiger partial charge in [0.25, 0.3) is 5.91 Å². The molecule has 0 saturated carbocycles. The lowest BCUT2D eigenvalue weighted by atomic mass is 10.1. The third-order valence-corrected chi connectivity index (χ3v) is 6.33. The van der Waals surface area contributed by atoms with Gasteiger partial charge in [0.15, 0.2) is 5.13 Å². The number of nitrogens with one attached hydrogen (secondary N) is 1. The molecule has 4 rings (SSSR count). The third kappa shape index (κ3) is 4.59. The number of amides is 3. The molecule has 9 nitrogen and oxygen atoms in total. The van der Waals surface area contributed by atoms with Crippen LogP contribution in [0.2, 0.25) is 0 Å². The Bertz CT molecular complexity index is 1120. The van der Waals surface area contributed by atoms with Gasteiger partial charge in [0.05, 0.1) is 16.8 Å². The molecule has 1 saturated heterocycles. The molecule has 3 heterocycles. The number of piperazine rings is 1. The number of aromatic nitrogens is 2. The Morgan fingerprint density at radius 3 is 2.50 bits per heavy atom. The summed E-state index contributed by atoms with van der Waals surface area (Å²) >= 11 is 1.49. The molecule has 1 aliphatic heterocycles. The number of carbonyl (C=O) groups excluding carboxylic acids is 3. The predicted octanol–water partition coefficient (Wildman–Crippen LogP) is 2.51. The summed E-state index contributed by atoms with van der Waals surface area (Å²) in [6, 6.07) is 8.51. The lowest BCUT2D eigenvalue weighted by Gasteiger charge is -2.35. The largest absolute Gasteiger partial charge is 0.450 e. The van der Waals surface area contributed by atoms with Crippen molar-refractivity contribution < 1.29 is 19.1 Å². The van der Waals surface area contributed by atoms with Gasteiger partial charge in [-0.3, -0.25) is 9.59 Å². The Labute approximate surface area is 189 Å². The minimum absolute atomic E-state index is 0.171. The monoisotopic (exact) mass is 455 g/mol. The van der Waals surface area contributed by atoms with Gasteiger partial charge in [-0.2, -0.15) is 0 Å². The molecular weight excluding hydrogens is 430 g/mol. The lowest BCUT2D eigenvalue weighted by molar-refractivity contribution is -0.134. The first-order valence-corrected chi connectivity index (χ1v) is 11.3. The quantitative estimate of drug-likeness (QED) is 0.638.